The number of fused-ring (bicyclic) bond motifs is 2. The number of halogens is 1. The summed E-state index contributed by atoms with van der Waals surface area (Å²) in [5, 5.41) is 6.29. The summed E-state index contributed by atoms with van der Waals surface area (Å²) < 4.78 is 13.2. The van der Waals surface area contributed by atoms with Gasteiger partial charge in [-0.3, -0.25) is 9.59 Å². The van der Waals surface area contributed by atoms with Crippen LogP contribution < -0.4 is 10.6 Å². The van der Waals surface area contributed by atoms with Crippen molar-refractivity contribution < 1.29 is 14.0 Å². The SMILES string of the molecule is O=C(NCCC(=O)N1CCC2(CC1)NCCc1[nH]cnc12)c1cccc(F)c1. The molecule has 3 N–H and O–H groups in total. The number of nitrogens with zero attached hydrogens (tertiary/aromatic N) is 2. The molecule has 28 heavy (non-hydrogen) atoms. The van der Waals surface area contributed by atoms with Gasteiger partial charge in [0.1, 0.15) is 5.82 Å². The fourth-order valence-electron chi connectivity index (χ4n) is 4.16. The fourth-order valence-corrected chi connectivity index (χ4v) is 4.16. The Balaban J connectivity index is 1.27. The molecule has 0 saturated carbocycles. The van der Waals surface area contributed by atoms with E-state index in [2.05, 4.69) is 20.6 Å². The molecule has 1 saturated heterocycles. The minimum atomic E-state index is -0.456. The zero-order valence-corrected chi connectivity index (χ0v) is 15.6. The summed E-state index contributed by atoms with van der Waals surface area (Å²) >= 11 is 0. The molecule has 8 heteroatoms. The molecular formula is C20H24FN5O2. The minimum absolute atomic E-state index is 0.0208. The van der Waals surface area contributed by atoms with E-state index in [0.29, 0.717) is 13.1 Å². The first-order chi connectivity index (χ1) is 13.6. The zero-order chi connectivity index (χ0) is 19.6. The summed E-state index contributed by atoms with van der Waals surface area (Å²) in [5.74, 6) is -0.808. The first-order valence-corrected chi connectivity index (χ1v) is 9.67. The third-order valence-electron chi connectivity index (χ3n) is 5.69. The number of hydrogen-bond acceptors (Lipinski definition) is 4. The van der Waals surface area contributed by atoms with Gasteiger partial charge in [0.15, 0.2) is 0 Å². The molecule has 0 aliphatic carbocycles. The molecule has 1 spiro atoms. The fraction of sp³-hybridized carbons (Fsp3) is 0.450. The van der Waals surface area contributed by atoms with Crippen molar-refractivity contribution in [3.05, 3.63) is 53.4 Å². The van der Waals surface area contributed by atoms with Gasteiger partial charge in [-0.1, -0.05) is 6.07 Å². The first kappa shape index (κ1) is 18.6. The van der Waals surface area contributed by atoms with Crippen LogP contribution in [-0.2, 0) is 16.8 Å². The van der Waals surface area contributed by atoms with E-state index in [0.717, 1.165) is 31.5 Å². The van der Waals surface area contributed by atoms with Crippen LogP contribution in [0.5, 0.6) is 0 Å². The van der Waals surface area contributed by atoms with Crippen molar-refractivity contribution in [1.82, 2.24) is 25.5 Å². The predicted molar refractivity (Wildman–Crippen MR) is 101 cm³/mol. The Hall–Kier alpha value is -2.74. The summed E-state index contributed by atoms with van der Waals surface area (Å²) in [5.41, 5.74) is 2.40. The van der Waals surface area contributed by atoms with Crippen molar-refractivity contribution in [1.29, 1.82) is 0 Å². The van der Waals surface area contributed by atoms with Crippen LogP contribution >= 0.6 is 0 Å². The van der Waals surface area contributed by atoms with Crippen molar-refractivity contribution >= 4 is 11.8 Å². The van der Waals surface area contributed by atoms with Crippen molar-refractivity contribution in [3.63, 3.8) is 0 Å². The lowest BCUT2D eigenvalue weighted by atomic mass is 9.80. The number of aromatic amines is 1. The standard InChI is InChI=1S/C20H24FN5O2/c21-15-3-1-2-14(12-15)19(28)22-8-5-17(27)26-10-6-20(7-11-26)18-16(4-9-25-20)23-13-24-18/h1-3,12-13,25H,4-11H2,(H,22,28)(H,23,24). The molecule has 2 amide bonds. The number of H-pyrrole nitrogens is 1. The first-order valence-electron chi connectivity index (χ1n) is 9.67. The predicted octanol–water partition coefficient (Wildman–Crippen LogP) is 1.33. The topological polar surface area (TPSA) is 90.1 Å². The Morgan fingerprint density at radius 3 is 2.89 bits per heavy atom. The molecule has 148 valence electrons. The van der Waals surface area contributed by atoms with Crippen LogP contribution in [0.2, 0.25) is 0 Å². The molecule has 1 aromatic heterocycles. The highest BCUT2D eigenvalue weighted by Gasteiger charge is 2.41. The number of hydrogen-bond donors (Lipinski definition) is 3. The summed E-state index contributed by atoms with van der Waals surface area (Å²) in [6.45, 7) is 2.47. The van der Waals surface area contributed by atoms with Crippen LogP contribution in [0.3, 0.4) is 0 Å². The number of piperidine rings is 1. The highest BCUT2D eigenvalue weighted by molar-refractivity contribution is 5.94. The number of benzene rings is 1. The molecule has 2 aliphatic heterocycles. The Morgan fingerprint density at radius 2 is 2.11 bits per heavy atom. The van der Waals surface area contributed by atoms with Gasteiger partial charge in [-0.05, 0) is 31.0 Å². The summed E-state index contributed by atoms with van der Waals surface area (Å²) in [7, 11) is 0. The molecule has 2 aliphatic rings. The lowest BCUT2D eigenvalue weighted by Crippen LogP contribution is -2.55. The number of imidazole rings is 1. The van der Waals surface area contributed by atoms with Gasteiger partial charge in [-0.2, -0.15) is 0 Å². The van der Waals surface area contributed by atoms with Gasteiger partial charge in [0.2, 0.25) is 5.91 Å². The highest BCUT2D eigenvalue weighted by Crippen LogP contribution is 2.35. The molecule has 0 unspecified atom stereocenters. The summed E-state index contributed by atoms with van der Waals surface area (Å²) in [4.78, 5) is 34.1. The van der Waals surface area contributed by atoms with Crippen molar-refractivity contribution in [3.8, 4) is 0 Å². The van der Waals surface area contributed by atoms with E-state index < -0.39 is 5.82 Å². The van der Waals surface area contributed by atoms with E-state index in [4.69, 9.17) is 0 Å². The van der Waals surface area contributed by atoms with Gasteiger partial charge in [0.25, 0.3) is 5.91 Å². The number of carbonyl (C=O) groups is 2. The number of amides is 2. The van der Waals surface area contributed by atoms with Crippen molar-refractivity contribution in [2.24, 2.45) is 0 Å². The number of rotatable bonds is 4. The summed E-state index contributed by atoms with van der Waals surface area (Å²) in [6, 6.07) is 5.51. The monoisotopic (exact) mass is 385 g/mol. The van der Waals surface area contributed by atoms with Gasteiger partial charge >= 0.3 is 0 Å². The largest absolute Gasteiger partial charge is 0.352 e. The molecule has 7 nitrogen and oxygen atoms in total. The molecule has 0 atom stereocenters. The Bertz CT molecular complexity index is 873. The van der Waals surface area contributed by atoms with Crippen LogP contribution in [0.15, 0.2) is 30.6 Å². The molecule has 1 aromatic carbocycles. The lowest BCUT2D eigenvalue weighted by molar-refractivity contribution is -0.132. The van der Waals surface area contributed by atoms with E-state index in [1.54, 1.807) is 12.4 Å². The van der Waals surface area contributed by atoms with Crippen LogP contribution in [0.25, 0.3) is 0 Å². The van der Waals surface area contributed by atoms with Gasteiger partial charge in [-0.15, -0.1) is 0 Å². The van der Waals surface area contributed by atoms with Crippen molar-refractivity contribution in [2.45, 2.75) is 31.2 Å². The normalized spacial score (nSPS) is 18.0. The van der Waals surface area contributed by atoms with Crippen LogP contribution in [-0.4, -0.2) is 52.9 Å². The lowest BCUT2D eigenvalue weighted by Gasteiger charge is -2.44. The van der Waals surface area contributed by atoms with E-state index in [1.165, 1.54) is 23.9 Å². The van der Waals surface area contributed by atoms with Crippen molar-refractivity contribution in [2.75, 3.05) is 26.2 Å². The molecule has 0 bridgehead atoms. The van der Waals surface area contributed by atoms with Gasteiger partial charge in [0, 0.05) is 50.3 Å². The van der Waals surface area contributed by atoms with Crippen LogP contribution in [0.1, 0.15) is 41.0 Å². The average molecular weight is 385 g/mol. The molecule has 4 rings (SSSR count). The third-order valence-corrected chi connectivity index (χ3v) is 5.69. The molecule has 1 fully saturated rings. The van der Waals surface area contributed by atoms with Crippen LogP contribution in [0, 0.1) is 5.82 Å². The highest BCUT2D eigenvalue weighted by atomic mass is 19.1. The van der Waals surface area contributed by atoms with Crippen LogP contribution in [0.4, 0.5) is 4.39 Å². The maximum Gasteiger partial charge on any atom is 0.251 e. The van der Waals surface area contributed by atoms with E-state index in [-0.39, 0.29) is 35.9 Å². The third kappa shape index (κ3) is 3.64. The molecule has 2 aromatic rings. The Morgan fingerprint density at radius 1 is 1.29 bits per heavy atom. The van der Waals surface area contributed by atoms with Gasteiger partial charge in [-0.25, -0.2) is 9.37 Å². The smallest absolute Gasteiger partial charge is 0.251 e. The number of nitrogens with one attached hydrogen (secondary N) is 3. The second-order valence-electron chi connectivity index (χ2n) is 7.39. The second kappa shape index (κ2) is 7.71. The molecule has 0 radical (unpaired) electrons. The number of aromatic nitrogens is 2. The van der Waals surface area contributed by atoms with Gasteiger partial charge in [0.05, 0.1) is 17.6 Å². The zero-order valence-electron chi connectivity index (χ0n) is 15.6. The Kier molecular flexibility index (Phi) is 5.13. The minimum Gasteiger partial charge on any atom is -0.352 e. The average Bonchev–Trinajstić information content (AvgIpc) is 3.19. The quantitative estimate of drug-likeness (QED) is 0.741. The van der Waals surface area contributed by atoms with E-state index in [9.17, 15) is 14.0 Å². The maximum atomic E-state index is 13.2. The number of likely N-dealkylation sites (tertiary alicyclic amines) is 1. The maximum absolute atomic E-state index is 13.2. The van der Waals surface area contributed by atoms with E-state index in [1.807, 2.05) is 4.90 Å². The molecular weight excluding hydrogens is 361 g/mol. The second-order valence-corrected chi connectivity index (χ2v) is 7.39. The molecule has 3 heterocycles. The van der Waals surface area contributed by atoms with E-state index >= 15 is 0 Å². The number of carbonyl (C=O) groups excluding carboxylic acids is 2. The van der Waals surface area contributed by atoms with Gasteiger partial charge < -0.3 is 20.5 Å². The summed E-state index contributed by atoms with van der Waals surface area (Å²) in [6.07, 6.45) is 4.58. The Labute approximate surface area is 162 Å².